The fraction of sp³-hybridized carbons (Fsp3) is 0.783. The molecule has 13 aliphatic rings. The number of nitrogens with two attached hydrogens (primary N) is 2. The fourth-order valence-electron chi connectivity index (χ4n) is 21.6. The molecule has 0 aromatic heterocycles. The SMILES string of the molecule is N[C@@H](Cc1ccc(OCC23CC4CC(CC(CCCCS(=O)(=O)O)(C4)C2)C3)cc1)C(=O)O.N[C@@H](Cc1ccc(OCC2C3CC4CC2CC(CCCCS(=O)(=O)O)(C4)C3)cc1)C(=O)O.O=C(O)C1CCC(OCC23CC4CC(CC(CCCCS(=O)(=O)O)(C4)C2)C3)C1. The quantitative estimate of drug-likeness (QED) is 0.0257. The molecule has 8 unspecified atom stereocenters. The molecule has 0 heterocycles. The molecule has 10 atom stereocenters. The highest BCUT2D eigenvalue weighted by Crippen LogP contribution is 2.69. The van der Waals surface area contributed by atoms with Gasteiger partial charge >= 0.3 is 17.9 Å². The van der Waals surface area contributed by atoms with Crippen molar-refractivity contribution in [3.05, 3.63) is 59.7 Å². The maximum Gasteiger partial charge on any atom is 0.320 e. The van der Waals surface area contributed by atoms with Crippen LogP contribution in [0.3, 0.4) is 0 Å². The lowest BCUT2D eigenvalue weighted by Crippen LogP contribution is -2.54. The van der Waals surface area contributed by atoms with Crippen molar-refractivity contribution in [2.45, 2.75) is 217 Å². The second-order valence-electron chi connectivity index (χ2n) is 31.8. The van der Waals surface area contributed by atoms with Gasteiger partial charge in [-0.3, -0.25) is 28.0 Å². The summed E-state index contributed by atoms with van der Waals surface area (Å²) >= 11 is 0. The third-order valence-electron chi connectivity index (χ3n) is 24.0. The molecule has 13 saturated carbocycles. The van der Waals surface area contributed by atoms with Crippen molar-refractivity contribution in [1.82, 2.24) is 0 Å². The number of carboxylic acids is 3. The average Bonchev–Trinajstić information content (AvgIpc) is 0.844. The third kappa shape index (κ3) is 19.2. The standard InChI is InChI=1S/2C24H35NO6S.C21H34O6S/c25-21(22(26)27)10-17-3-5-20(6-4-17)31-16-24-13-18-9-19(14-24)12-23(11-18,15-24)7-1-2-8-32(28,29)30;25-22(23(26)27)11-16-3-5-20(6-4-16)31-15-21-18-9-17-10-19(21)14-24(12-17,13-18)7-1-2-8-32(28,29)30;22-19(23)17-3-4-18(8-17)27-14-21-11-15-7-16(12-21)10-20(9-15,13-21)5-1-2-6-28(24,25)26/h3-6,18-19,21H,1-2,7-16,25H2,(H,26,27)(H,28,29,30);3-6,17-19,21-22H,1-2,7-15,25H2,(H,26,27)(H,28,29,30);15-18H,1-14H2,(H,22,23)(H,24,25,26)/t18?,19?,21-,23?,24?;17?,18?,19?,21?,22-,24?;/m00./s1. The predicted molar refractivity (Wildman–Crippen MR) is 347 cm³/mol. The number of aliphatic carboxylic acids is 3. The van der Waals surface area contributed by atoms with Crippen molar-refractivity contribution in [2.75, 3.05) is 37.1 Å². The highest BCUT2D eigenvalue weighted by atomic mass is 32.2. The number of benzene rings is 2. The molecule has 13 aliphatic carbocycles. The van der Waals surface area contributed by atoms with E-state index in [1.807, 2.05) is 48.5 Å². The van der Waals surface area contributed by atoms with Gasteiger partial charge in [0.1, 0.15) is 23.6 Å². The van der Waals surface area contributed by atoms with Gasteiger partial charge in [-0.15, -0.1) is 0 Å². The van der Waals surface area contributed by atoms with Crippen molar-refractivity contribution in [1.29, 1.82) is 0 Å². The van der Waals surface area contributed by atoms with Crippen LogP contribution in [0.1, 0.15) is 197 Å². The Kier molecular flexibility index (Phi) is 22.3. The number of hydrogen-bond donors (Lipinski definition) is 8. The van der Waals surface area contributed by atoms with Gasteiger partial charge in [-0.2, -0.15) is 25.3 Å². The maximum absolute atomic E-state index is 11.2. The van der Waals surface area contributed by atoms with Crippen LogP contribution in [0.15, 0.2) is 48.5 Å². The van der Waals surface area contributed by atoms with E-state index in [9.17, 15) is 44.7 Å². The molecule has 92 heavy (non-hydrogen) atoms. The lowest BCUT2D eigenvalue weighted by molar-refractivity contribution is -0.152. The summed E-state index contributed by atoms with van der Waals surface area (Å²) in [6.45, 7) is 2.18. The van der Waals surface area contributed by atoms with E-state index in [0.29, 0.717) is 79.1 Å². The number of rotatable bonds is 31. The Hall–Kier alpha value is -3.94. The molecular weight excluding hydrogens is 1240 g/mol. The Labute approximate surface area is 545 Å². The summed E-state index contributed by atoms with van der Waals surface area (Å²) in [5, 5.41) is 27.1. The van der Waals surface area contributed by atoms with Crippen molar-refractivity contribution in [3.63, 3.8) is 0 Å². The first-order valence-corrected chi connectivity index (χ1v) is 39.3. The third-order valence-corrected chi connectivity index (χ3v) is 26.4. The van der Waals surface area contributed by atoms with Gasteiger partial charge in [0.2, 0.25) is 0 Å². The van der Waals surface area contributed by atoms with Crippen LogP contribution in [0.2, 0.25) is 0 Å². The Morgan fingerprint density at radius 3 is 1.26 bits per heavy atom. The van der Waals surface area contributed by atoms with E-state index in [2.05, 4.69) is 0 Å². The number of carboxylic acid groups (broad SMARTS) is 3. The second kappa shape index (κ2) is 29.0. The highest BCUT2D eigenvalue weighted by molar-refractivity contribution is 7.86. The molecule has 0 radical (unpaired) electrons. The van der Waals surface area contributed by atoms with Crippen molar-refractivity contribution < 1.29 is 82.8 Å². The first-order valence-electron chi connectivity index (χ1n) is 34.4. The minimum absolute atomic E-state index is 0.0971. The number of hydrogen-bond acceptors (Lipinski definition) is 14. The molecule has 15 rings (SSSR count). The van der Waals surface area contributed by atoms with E-state index in [-0.39, 0.29) is 40.1 Å². The average molecular weight is 1350 g/mol. The maximum atomic E-state index is 11.2. The predicted octanol–water partition coefficient (Wildman–Crippen LogP) is 11.1. The summed E-state index contributed by atoms with van der Waals surface area (Å²) < 4.78 is 112. The van der Waals surface area contributed by atoms with Crippen molar-refractivity contribution >= 4 is 48.3 Å². The molecule has 0 amide bonds. The Bertz CT molecular complexity index is 3170. The topological polar surface area (TPSA) is 355 Å². The van der Waals surface area contributed by atoms with Crippen LogP contribution < -0.4 is 20.9 Å². The fourth-order valence-corrected chi connectivity index (χ4v) is 23.3. The molecule has 12 bridgehead atoms. The van der Waals surface area contributed by atoms with E-state index in [4.69, 9.17) is 49.5 Å². The van der Waals surface area contributed by atoms with Gasteiger partial charge in [0.05, 0.1) is 49.1 Å². The Balaban J connectivity index is 0.000000152. The van der Waals surface area contributed by atoms with E-state index < -0.39 is 60.3 Å². The van der Waals surface area contributed by atoms with Crippen LogP contribution in [0.4, 0.5) is 0 Å². The van der Waals surface area contributed by atoms with Crippen LogP contribution in [-0.2, 0) is 62.3 Å². The summed E-state index contributed by atoms with van der Waals surface area (Å²) in [4.78, 5) is 33.1. The van der Waals surface area contributed by atoms with Crippen LogP contribution in [0.25, 0.3) is 0 Å². The van der Waals surface area contributed by atoms with Crippen molar-refractivity contribution in [2.24, 2.45) is 91.8 Å². The van der Waals surface area contributed by atoms with Gasteiger partial charge in [0.15, 0.2) is 0 Å². The van der Waals surface area contributed by atoms with Crippen LogP contribution >= 0.6 is 0 Å². The summed E-state index contributed by atoms with van der Waals surface area (Å²) in [6, 6.07) is 13.3. The van der Waals surface area contributed by atoms with Gasteiger partial charge in [-0.25, -0.2) is 0 Å². The monoisotopic (exact) mass is 1340 g/mol. The zero-order chi connectivity index (χ0) is 65.9. The normalized spacial score (nSPS) is 35.1. The van der Waals surface area contributed by atoms with Gasteiger partial charge in [-0.1, -0.05) is 43.5 Å². The molecule has 10 N–H and O–H groups in total. The lowest BCUT2D eigenvalue weighted by atomic mass is 9.43. The van der Waals surface area contributed by atoms with Gasteiger partial charge < -0.3 is 41.0 Å². The zero-order valence-corrected chi connectivity index (χ0v) is 56.1. The molecule has 516 valence electrons. The van der Waals surface area contributed by atoms with Gasteiger partial charge in [-0.05, 0) is 284 Å². The van der Waals surface area contributed by atoms with E-state index >= 15 is 0 Å². The minimum atomic E-state index is -3.87. The smallest absolute Gasteiger partial charge is 0.320 e. The first-order chi connectivity index (χ1) is 43.3. The van der Waals surface area contributed by atoms with Gasteiger partial charge in [0.25, 0.3) is 30.4 Å². The molecule has 0 aliphatic heterocycles. The molecule has 0 saturated heterocycles. The number of carbonyl (C=O) groups is 3. The van der Waals surface area contributed by atoms with E-state index in [1.165, 1.54) is 103 Å². The minimum Gasteiger partial charge on any atom is -0.493 e. The van der Waals surface area contributed by atoms with Crippen LogP contribution in [-0.4, -0.2) is 127 Å². The summed E-state index contributed by atoms with van der Waals surface area (Å²) in [6.07, 6.45) is 31.4. The molecule has 0 spiro atoms. The summed E-state index contributed by atoms with van der Waals surface area (Å²) in [7, 11) is -11.6. The Morgan fingerprint density at radius 1 is 0.467 bits per heavy atom. The molecule has 23 heteroatoms. The van der Waals surface area contributed by atoms with Crippen molar-refractivity contribution in [3.8, 4) is 11.5 Å². The number of unbranched alkanes of at least 4 members (excludes halogenated alkanes) is 3. The molecule has 13 fully saturated rings. The Morgan fingerprint density at radius 2 is 0.859 bits per heavy atom. The van der Waals surface area contributed by atoms with Crippen LogP contribution in [0, 0.1) is 80.3 Å². The lowest BCUT2D eigenvalue weighted by Gasteiger charge is -2.62. The first kappa shape index (κ1) is 70.8. The summed E-state index contributed by atoms with van der Waals surface area (Å²) in [5.41, 5.74) is 14.4. The molecule has 2 aromatic rings. The van der Waals surface area contributed by atoms with Gasteiger partial charge in [0, 0.05) is 5.41 Å². The van der Waals surface area contributed by atoms with E-state index in [1.54, 1.807) is 0 Å². The van der Waals surface area contributed by atoms with E-state index in [0.717, 1.165) is 123 Å². The number of ether oxygens (including phenoxy) is 3. The second-order valence-corrected chi connectivity index (χ2v) is 36.5. The van der Waals surface area contributed by atoms with Crippen LogP contribution in [0.5, 0.6) is 11.5 Å². The molecular formula is C69H104N2O18S3. The molecule has 20 nitrogen and oxygen atoms in total. The zero-order valence-electron chi connectivity index (χ0n) is 53.7. The highest BCUT2D eigenvalue weighted by Gasteiger charge is 2.59. The summed E-state index contributed by atoms with van der Waals surface area (Å²) in [5.74, 6) is 4.01. The largest absolute Gasteiger partial charge is 0.493 e. The molecule has 2 aromatic carbocycles.